The number of hydrogen-bond donors (Lipinski definition) is 1. The summed E-state index contributed by atoms with van der Waals surface area (Å²) in [6.07, 6.45) is 0.859. The van der Waals surface area contributed by atoms with Crippen molar-refractivity contribution in [1.29, 1.82) is 0 Å². The number of carbonyl (C=O) groups is 2. The van der Waals surface area contributed by atoms with Crippen molar-refractivity contribution >= 4 is 21.7 Å². The third-order valence-corrected chi connectivity index (χ3v) is 4.62. The van der Waals surface area contributed by atoms with E-state index in [0.29, 0.717) is 12.8 Å². The van der Waals surface area contributed by atoms with Gasteiger partial charge in [-0.1, -0.05) is 39.8 Å². The summed E-state index contributed by atoms with van der Waals surface area (Å²) >= 11 is 0. The highest BCUT2D eigenvalue weighted by Crippen LogP contribution is 2.14. The Morgan fingerprint density at radius 2 is 1.73 bits per heavy atom. The lowest BCUT2D eigenvalue weighted by atomic mass is 10.0. The molecule has 1 aromatic rings. The maximum absolute atomic E-state index is 12.1. The van der Waals surface area contributed by atoms with Crippen LogP contribution < -0.4 is 4.72 Å². The van der Waals surface area contributed by atoms with E-state index in [1.807, 2.05) is 18.6 Å². The summed E-state index contributed by atoms with van der Waals surface area (Å²) in [5.41, 5.74) is 0.758. The monoisotopic (exact) mass is 325 g/mol. The number of nitrogens with one attached hydrogen (secondary N) is 1. The molecule has 0 aromatic heterocycles. The van der Waals surface area contributed by atoms with E-state index in [-0.39, 0.29) is 16.6 Å². The summed E-state index contributed by atoms with van der Waals surface area (Å²) < 4.78 is 26.3. The van der Waals surface area contributed by atoms with Crippen LogP contribution in [0.5, 0.6) is 0 Å². The molecule has 0 saturated heterocycles. The summed E-state index contributed by atoms with van der Waals surface area (Å²) in [5.74, 6) is -0.847. The van der Waals surface area contributed by atoms with E-state index >= 15 is 0 Å². The van der Waals surface area contributed by atoms with Crippen LogP contribution in [-0.4, -0.2) is 20.1 Å². The summed E-state index contributed by atoms with van der Waals surface area (Å²) in [6.45, 7) is 6.92. The van der Waals surface area contributed by atoms with Gasteiger partial charge in [0, 0.05) is 18.3 Å². The number of Topliss-reactive ketones (excluding diaryl/α,β-unsaturated/α-hetero) is 1. The average molecular weight is 325 g/mol. The molecule has 1 N–H and O–H groups in total. The third-order valence-electron chi connectivity index (χ3n) is 3.27. The molecule has 0 fully saturated rings. The van der Waals surface area contributed by atoms with Crippen molar-refractivity contribution in [1.82, 2.24) is 4.72 Å². The smallest absolute Gasteiger partial charge is 0.264 e. The van der Waals surface area contributed by atoms with Gasteiger partial charge in [0.15, 0.2) is 0 Å². The number of benzene rings is 1. The topological polar surface area (TPSA) is 80.3 Å². The van der Waals surface area contributed by atoms with Crippen LogP contribution in [0.3, 0.4) is 0 Å². The van der Waals surface area contributed by atoms with E-state index in [9.17, 15) is 18.0 Å². The van der Waals surface area contributed by atoms with Crippen LogP contribution in [0.2, 0.25) is 0 Å². The van der Waals surface area contributed by atoms with Crippen molar-refractivity contribution in [2.75, 3.05) is 0 Å². The lowest BCUT2D eigenvalue weighted by Gasteiger charge is -2.10. The summed E-state index contributed by atoms with van der Waals surface area (Å²) in [4.78, 5) is 23.3. The molecule has 0 heterocycles. The zero-order valence-corrected chi connectivity index (χ0v) is 14.2. The molecule has 6 heteroatoms. The number of carbonyl (C=O) groups excluding carboxylic acids is 2. The van der Waals surface area contributed by atoms with Crippen molar-refractivity contribution in [3.8, 4) is 0 Å². The van der Waals surface area contributed by atoms with E-state index in [0.717, 1.165) is 5.56 Å². The predicted molar refractivity (Wildman–Crippen MR) is 84.8 cm³/mol. The first-order valence-corrected chi connectivity index (χ1v) is 8.80. The predicted octanol–water partition coefficient (Wildman–Crippen LogP) is 2.31. The molecular weight excluding hydrogens is 302 g/mol. The van der Waals surface area contributed by atoms with Crippen LogP contribution in [0.15, 0.2) is 29.2 Å². The second-order valence-electron chi connectivity index (χ2n) is 5.89. The molecular formula is C16H23NO4S. The quantitative estimate of drug-likeness (QED) is 0.834. The molecule has 1 amide bonds. The minimum Gasteiger partial charge on any atom is -0.299 e. The zero-order valence-electron chi connectivity index (χ0n) is 13.4. The second kappa shape index (κ2) is 7.54. The number of aryl methyl sites for hydroxylation is 1. The van der Waals surface area contributed by atoms with Gasteiger partial charge in [-0.2, -0.15) is 0 Å². The van der Waals surface area contributed by atoms with E-state index in [1.165, 1.54) is 12.1 Å². The van der Waals surface area contributed by atoms with Crippen LogP contribution in [0, 0.1) is 11.8 Å². The Kier molecular flexibility index (Phi) is 6.29. The maximum atomic E-state index is 12.1. The maximum Gasteiger partial charge on any atom is 0.264 e. The number of ketones is 1. The van der Waals surface area contributed by atoms with Gasteiger partial charge in [0.25, 0.3) is 10.0 Å². The Labute approximate surface area is 132 Å². The number of amides is 1. The van der Waals surface area contributed by atoms with Crippen molar-refractivity contribution in [2.45, 2.75) is 45.4 Å². The highest BCUT2D eigenvalue weighted by Gasteiger charge is 2.19. The first-order chi connectivity index (χ1) is 10.1. The highest BCUT2D eigenvalue weighted by atomic mass is 32.2. The Hall–Kier alpha value is -1.69. The molecule has 22 heavy (non-hydrogen) atoms. The first-order valence-electron chi connectivity index (χ1n) is 7.32. The van der Waals surface area contributed by atoms with Crippen LogP contribution in [-0.2, 0) is 26.0 Å². The van der Waals surface area contributed by atoms with Crippen LogP contribution in [0.25, 0.3) is 0 Å². The molecule has 1 rings (SSSR count). The highest BCUT2D eigenvalue weighted by molar-refractivity contribution is 7.90. The minimum atomic E-state index is -3.87. The normalized spacial score (nSPS) is 11.7. The molecule has 0 radical (unpaired) electrons. The second-order valence-corrected chi connectivity index (χ2v) is 7.58. The largest absolute Gasteiger partial charge is 0.299 e. The summed E-state index contributed by atoms with van der Waals surface area (Å²) in [6, 6.07) is 6.33. The van der Waals surface area contributed by atoms with Gasteiger partial charge in [0.2, 0.25) is 5.91 Å². The van der Waals surface area contributed by atoms with Gasteiger partial charge < -0.3 is 0 Å². The Morgan fingerprint density at radius 3 is 2.27 bits per heavy atom. The van der Waals surface area contributed by atoms with Gasteiger partial charge in [-0.25, -0.2) is 13.1 Å². The number of hydrogen-bond acceptors (Lipinski definition) is 4. The van der Waals surface area contributed by atoms with Gasteiger partial charge >= 0.3 is 0 Å². The number of sulfonamides is 1. The molecule has 0 atom stereocenters. The fourth-order valence-electron chi connectivity index (χ4n) is 1.73. The lowest BCUT2D eigenvalue weighted by molar-refractivity contribution is -0.122. The number of rotatable bonds is 7. The molecule has 0 bridgehead atoms. The first kappa shape index (κ1) is 18.4. The minimum absolute atomic E-state index is 0.0303. The molecule has 1 aromatic carbocycles. The van der Waals surface area contributed by atoms with Gasteiger partial charge in [-0.05, 0) is 24.1 Å². The standard InChI is InChI=1S/C16H23NO4S/c1-11(2)15(18)9-8-13-6-5-7-14(10-13)22(20,21)17-16(19)12(3)4/h5-7,10-12H,8-9H2,1-4H3,(H,17,19). The molecule has 0 aliphatic carbocycles. The fourth-order valence-corrected chi connectivity index (χ4v) is 2.92. The van der Waals surface area contributed by atoms with Gasteiger partial charge in [-0.3, -0.25) is 9.59 Å². The van der Waals surface area contributed by atoms with E-state index in [4.69, 9.17) is 0 Å². The molecule has 0 spiro atoms. The fraction of sp³-hybridized carbons (Fsp3) is 0.500. The average Bonchev–Trinajstić information content (AvgIpc) is 2.44. The lowest BCUT2D eigenvalue weighted by Crippen LogP contribution is -2.33. The molecule has 5 nitrogen and oxygen atoms in total. The summed E-state index contributed by atoms with van der Waals surface area (Å²) in [5, 5.41) is 0. The van der Waals surface area contributed by atoms with Gasteiger partial charge in [-0.15, -0.1) is 0 Å². The molecule has 0 unspecified atom stereocenters. The molecule has 0 saturated carbocycles. The van der Waals surface area contributed by atoms with Gasteiger partial charge in [0.1, 0.15) is 5.78 Å². The Balaban J connectivity index is 2.87. The van der Waals surface area contributed by atoms with E-state index < -0.39 is 21.8 Å². The Bertz CT molecular complexity index is 648. The third kappa shape index (κ3) is 5.26. The molecule has 0 aliphatic heterocycles. The SMILES string of the molecule is CC(C)C(=O)CCc1cccc(S(=O)(=O)NC(=O)C(C)C)c1. The van der Waals surface area contributed by atoms with Gasteiger partial charge in [0.05, 0.1) is 4.90 Å². The summed E-state index contributed by atoms with van der Waals surface area (Å²) in [7, 11) is -3.87. The van der Waals surface area contributed by atoms with Crippen LogP contribution in [0.1, 0.15) is 39.7 Å². The van der Waals surface area contributed by atoms with Crippen LogP contribution in [0.4, 0.5) is 0 Å². The van der Waals surface area contributed by atoms with Crippen molar-refractivity contribution in [2.24, 2.45) is 11.8 Å². The van der Waals surface area contributed by atoms with E-state index in [2.05, 4.69) is 0 Å². The van der Waals surface area contributed by atoms with E-state index in [1.54, 1.807) is 26.0 Å². The zero-order chi connectivity index (χ0) is 16.9. The van der Waals surface area contributed by atoms with Crippen molar-refractivity contribution < 1.29 is 18.0 Å². The van der Waals surface area contributed by atoms with Crippen LogP contribution >= 0.6 is 0 Å². The van der Waals surface area contributed by atoms with Crippen molar-refractivity contribution in [3.05, 3.63) is 29.8 Å². The molecule has 122 valence electrons. The van der Waals surface area contributed by atoms with Crippen molar-refractivity contribution in [3.63, 3.8) is 0 Å². The molecule has 0 aliphatic rings. The Morgan fingerprint density at radius 1 is 1.09 bits per heavy atom.